The lowest BCUT2D eigenvalue weighted by atomic mass is 10.1. The van der Waals surface area contributed by atoms with Gasteiger partial charge in [0, 0.05) is 7.11 Å². The van der Waals surface area contributed by atoms with E-state index in [9.17, 15) is 0 Å². The molecule has 0 radical (unpaired) electrons. The molecule has 4 N–H and O–H groups in total. The molecule has 7 heteroatoms. The van der Waals surface area contributed by atoms with Crippen LogP contribution in [-0.2, 0) is 4.74 Å². The third-order valence-electron chi connectivity index (χ3n) is 2.42. The second kappa shape index (κ2) is 5.05. The molecule has 0 fully saturated rings. The van der Waals surface area contributed by atoms with Crippen molar-refractivity contribution in [1.29, 1.82) is 0 Å². The summed E-state index contributed by atoms with van der Waals surface area (Å²) >= 11 is 1.55. The van der Waals surface area contributed by atoms with Gasteiger partial charge in [-0.15, -0.1) is 11.3 Å². The molecular formula is C11H17N5OS. The SMILES string of the molecule is COCC(C)(C)Nc1nc(NN)nc2sccc12. The van der Waals surface area contributed by atoms with Gasteiger partial charge in [-0.05, 0) is 25.3 Å². The van der Waals surface area contributed by atoms with Crippen LogP contribution in [0.4, 0.5) is 11.8 Å². The molecule has 0 aromatic carbocycles. The van der Waals surface area contributed by atoms with Crippen LogP contribution in [0.3, 0.4) is 0 Å². The third kappa shape index (κ3) is 2.69. The highest BCUT2D eigenvalue weighted by Crippen LogP contribution is 2.28. The largest absolute Gasteiger partial charge is 0.382 e. The second-order valence-corrected chi connectivity index (χ2v) is 5.52. The quantitative estimate of drug-likeness (QED) is 0.566. The molecule has 98 valence electrons. The van der Waals surface area contributed by atoms with Gasteiger partial charge in [0.2, 0.25) is 5.95 Å². The first-order chi connectivity index (χ1) is 8.55. The fraction of sp³-hybridized carbons (Fsp3) is 0.455. The lowest BCUT2D eigenvalue weighted by molar-refractivity contribution is 0.158. The van der Waals surface area contributed by atoms with E-state index in [1.165, 1.54) is 0 Å². The van der Waals surface area contributed by atoms with Crippen LogP contribution in [0.15, 0.2) is 11.4 Å². The van der Waals surface area contributed by atoms with E-state index in [1.54, 1.807) is 18.4 Å². The fourth-order valence-corrected chi connectivity index (χ4v) is 2.50. The Morgan fingerprint density at radius 1 is 1.44 bits per heavy atom. The Hall–Kier alpha value is -1.44. The molecule has 0 aliphatic heterocycles. The highest BCUT2D eigenvalue weighted by Gasteiger charge is 2.20. The zero-order valence-electron chi connectivity index (χ0n) is 10.7. The summed E-state index contributed by atoms with van der Waals surface area (Å²) in [5, 5.41) is 6.33. The number of nitrogen functional groups attached to an aromatic ring is 1. The molecular weight excluding hydrogens is 250 g/mol. The highest BCUT2D eigenvalue weighted by atomic mass is 32.1. The molecule has 0 aliphatic rings. The van der Waals surface area contributed by atoms with Gasteiger partial charge in [-0.25, -0.2) is 10.8 Å². The molecule has 0 saturated heterocycles. The highest BCUT2D eigenvalue weighted by molar-refractivity contribution is 7.16. The van der Waals surface area contributed by atoms with Gasteiger partial charge in [-0.2, -0.15) is 4.98 Å². The minimum atomic E-state index is -0.218. The first-order valence-electron chi connectivity index (χ1n) is 5.55. The van der Waals surface area contributed by atoms with Crippen LogP contribution < -0.4 is 16.6 Å². The summed E-state index contributed by atoms with van der Waals surface area (Å²) in [6, 6.07) is 1.99. The minimum Gasteiger partial charge on any atom is -0.382 e. The Bertz CT molecular complexity index is 539. The Labute approximate surface area is 110 Å². The standard InChI is InChI=1S/C11H17N5OS/c1-11(2,6-17-3)15-8-7-4-5-18-9(7)14-10(13-8)16-12/h4-5H,6,12H2,1-3H3,(H2,13,14,15,16). The lowest BCUT2D eigenvalue weighted by Gasteiger charge is -2.26. The number of nitrogens with one attached hydrogen (secondary N) is 2. The van der Waals surface area contributed by atoms with Gasteiger partial charge in [-0.1, -0.05) is 0 Å². The summed E-state index contributed by atoms with van der Waals surface area (Å²) in [4.78, 5) is 9.54. The smallest absolute Gasteiger partial charge is 0.240 e. The number of ether oxygens (including phenoxy) is 1. The van der Waals surface area contributed by atoms with Crippen LogP contribution >= 0.6 is 11.3 Å². The molecule has 0 spiro atoms. The average Bonchev–Trinajstić information content (AvgIpc) is 2.76. The van der Waals surface area contributed by atoms with Gasteiger partial charge < -0.3 is 10.1 Å². The summed E-state index contributed by atoms with van der Waals surface area (Å²) in [5.41, 5.74) is 2.26. The van der Waals surface area contributed by atoms with Crippen LogP contribution in [-0.4, -0.2) is 29.2 Å². The van der Waals surface area contributed by atoms with Gasteiger partial charge in [0.1, 0.15) is 10.6 Å². The van der Waals surface area contributed by atoms with Crippen LogP contribution in [0.25, 0.3) is 10.2 Å². The van der Waals surface area contributed by atoms with E-state index in [4.69, 9.17) is 10.6 Å². The molecule has 2 aromatic rings. The number of nitrogens with zero attached hydrogens (tertiary/aromatic N) is 2. The first kappa shape index (κ1) is 13.0. The molecule has 0 aliphatic carbocycles. The molecule has 0 unspecified atom stereocenters. The van der Waals surface area contributed by atoms with Crippen molar-refractivity contribution in [3.8, 4) is 0 Å². The second-order valence-electron chi connectivity index (χ2n) is 4.62. The summed E-state index contributed by atoms with van der Waals surface area (Å²) in [5.74, 6) is 6.54. The van der Waals surface area contributed by atoms with E-state index in [2.05, 4.69) is 20.7 Å². The van der Waals surface area contributed by atoms with E-state index in [-0.39, 0.29) is 5.54 Å². The van der Waals surface area contributed by atoms with Gasteiger partial charge in [0.25, 0.3) is 0 Å². The van der Waals surface area contributed by atoms with Crippen LogP contribution in [0.1, 0.15) is 13.8 Å². The normalized spacial score (nSPS) is 11.8. The number of nitrogens with two attached hydrogens (primary N) is 1. The van der Waals surface area contributed by atoms with Crippen LogP contribution in [0.2, 0.25) is 0 Å². The molecule has 2 heterocycles. The number of methoxy groups -OCH3 is 1. The zero-order valence-corrected chi connectivity index (χ0v) is 11.5. The number of aromatic nitrogens is 2. The molecule has 6 nitrogen and oxygen atoms in total. The maximum atomic E-state index is 5.38. The lowest BCUT2D eigenvalue weighted by Crippen LogP contribution is -2.36. The van der Waals surface area contributed by atoms with Gasteiger partial charge in [0.05, 0.1) is 17.5 Å². The first-order valence-corrected chi connectivity index (χ1v) is 6.43. The van der Waals surface area contributed by atoms with Crippen molar-refractivity contribution < 1.29 is 4.74 Å². The van der Waals surface area contributed by atoms with Crippen molar-refractivity contribution >= 4 is 33.3 Å². The van der Waals surface area contributed by atoms with Crippen LogP contribution in [0, 0.1) is 0 Å². The summed E-state index contributed by atoms with van der Waals surface area (Å²) < 4.78 is 5.19. The number of hydrazine groups is 1. The average molecular weight is 267 g/mol. The molecule has 18 heavy (non-hydrogen) atoms. The van der Waals surface area contributed by atoms with Crippen molar-refractivity contribution in [3.63, 3.8) is 0 Å². The van der Waals surface area contributed by atoms with Crippen molar-refractivity contribution in [3.05, 3.63) is 11.4 Å². The maximum Gasteiger partial charge on any atom is 0.240 e. The van der Waals surface area contributed by atoms with E-state index in [0.29, 0.717) is 12.6 Å². The molecule has 0 saturated carbocycles. The topological polar surface area (TPSA) is 85.1 Å². The van der Waals surface area contributed by atoms with Crippen molar-refractivity contribution in [2.75, 3.05) is 24.5 Å². The van der Waals surface area contributed by atoms with Crippen molar-refractivity contribution in [1.82, 2.24) is 9.97 Å². The van der Waals surface area contributed by atoms with E-state index < -0.39 is 0 Å². The minimum absolute atomic E-state index is 0.218. The Morgan fingerprint density at radius 3 is 2.89 bits per heavy atom. The Balaban J connectivity index is 2.39. The van der Waals surface area contributed by atoms with Gasteiger partial charge in [-0.3, -0.25) is 5.43 Å². The number of fused-ring (bicyclic) bond motifs is 1. The predicted molar refractivity (Wildman–Crippen MR) is 74.8 cm³/mol. The number of hydrogen-bond donors (Lipinski definition) is 3. The van der Waals surface area contributed by atoms with E-state index in [1.807, 2.05) is 25.3 Å². The zero-order chi connectivity index (χ0) is 13.2. The number of hydrogen-bond acceptors (Lipinski definition) is 7. The molecule has 0 bridgehead atoms. The van der Waals surface area contributed by atoms with Crippen molar-refractivity contribution in [2.24, 2.45) is 5.84 Å². The number of anilines is 2. The molecule has 2 aromatic heterocycles. The Kier molecular flexibility index (Phi) is 3.65. The van der Waals surface area contributed by atoms with Crippen LogP contribution in [0.5, 0.6) is 0 Å². The van der Waals surface area contributed by atoms with Crippen molar-refractivity contribution in [2.45, 2.75) is 19.4 Å². The number of rotatable bonds is 5. The Morgan fingerprint density at radius 2 is 2.22 bits per heavy atom. The predicted octanol–water partition coefficient (Wildman–Crippen LogP) is 1.81. The number of thiophene rings is 1. The molecule has 0 atom stereocenters. The molecule has 2 rings (SSSR count). The van der Waals surface area contributed by atoms with Gasteiger partial charge >= 0.3 is 0 Å². The van der Waals surface area contributed by atoms with Gasteiger partial charge in [0.15, 0.2) is 0 Å². The fourth-order valence-electron chi connectivity index (χ4n) is 1.73. The monoisotopic (exact) mass is 267 g/mol. The van der Waals surface area contributed by atoms with E-state index >= 15 is 0 Å². The summed E-state index contributed by atoms with van der Waals surface area (Å²) in [7, 11) is 1.68. The summed E-state index contributed by atoms with van der Waals surface area (Å²) in [6.07, 6.45) is 0. The third-order valence-corrected chi connectivity index (χ3v) is 3.22. The molecule has 0 amide bonds. The maximum absolute atomic E-state index is 5.38. The summed E-state index contributed by atoms with van der Waals surface area (Å²) in [6.45, 7) is 4.67. The van der Waals surface area contributed by atoms with E-state index in [0.717, 1.165) is 16.0 Å².